The molecule has 2 aromatic rings. The Balaban J connectivity index is 2.41. The standard InChI is InChI=1S/C18H24N2O3/c1-18(2,3)23-17(22)20(5)16(10-11-21)14-12-19(4)15-9-7-6-8-13(14)15/h6-9,11-12,16H,10H2,1-5H3/t16-/m1/s1. The lowest BCUT2D eigenvalue weighted by molar-refractivity contribution is -0.108. The predicted molar refractivity (Wildman–Crippen MR) is 90.3 cm³/mol. The van der Waals surface area contributed by atoms with Gasteiger partial charge < -0.3 is 19.0 Å². The van der Waals surface area contributed by atoms with Gasteiger partial charge in [0, 0.05) is 43.2 Å². The van der Waals surface area contributed by atoms with Crippen LogP contribution in [0.4, 0.5) is 4.79 Å². The molecule has 0 aliphatic heterocycles. The summed E-state index contributed by atoms with van der Waals surface area (Å²) in [4.78, 5) is 25.0. The molecule has 0 bridgehead atoms. The van der Waals surface area contributed by atoms with E-state index in [1.54, 1.807) is 7.05 Å². The lowest BCUT2D eigenvalue weighted by atomic mass is 10.0. The molecule has 124 valence electrons. The molecule has 0 aliphatic carbocycles. The van der Waals surface area contributed by atoms with Crippen LogP contribution in [0.25, 0.3) is 10.9 Å². The molecule has 1 heterocycles. The number of amides is 1. The summed E-state index contributed by atoms with van der Waals surface area (Å²) in [6.45, 7) is 5.47. The molecule has 1 amide bonds. The molecule has 23 heavy (non-hydrogen) atoms. The summed E-state index contributed by atoms with van der Waals surface area (Å²) in [5.74, 6) is 0. The van der Waals surface area contributed by atoms with Gasteiger partial charge in [-0.25, -0.2) is 4.79 Å². The molecule has 1 aromatic carbocycles. The lowest BCUT2D eigenvalue weighted by Crippen LogP contribution is -2.36. The molecule has 1 atom stereocenters. The summed E-state index contributed by atoms with van der Waals surface area (Å²) in [5.41, 5.74) is 1.44. The molecule has 0 fully saturated rings. The van der Waals surface area contributed by atoms with Crippen LogP contribution in [0.5, 0.6) is 0 Å². The Morgan fingerprint density at radius 1 is 1.35 bits per heavy atom. The second-order valence-corrected chi connectivity index (χ2v) is 6.72. The van der Waals surface area contributed by atoms with E-state index in [2.05, 4.69) is 0 Å². The maximum atomic E-state index is 12.4. The van der Waals surface area contributed by atoms with Crippen LogP contribution in [0.1, 0.15) is 38.8 Å². The fraction of sp³-hybridized carbons (Fsp3) is 0.444. The Labute approximate surface area is 136 Å². The van der Waals surface area contributed by atoms with E-state index in [0.717, 1.165) is 22.8 Å². The smallest absolute Gasteiger partial charge is 0.410 e. The monoisotopic (exact) mass is 316 g/mol. The third-order valence-corrected chi connectivity index (χ3v) is 3.76. The van der Waals surface area contributed by atoms with Gasteiger partial charge in [0.25, 0.3) is 0 Å². The number of carbonyl (C=O) groups excluding carboxylic acids is 2. The molecule has 0 radical (unpaired) electrons. The molecule has 5 heteroatoms. The van der Waals surface area contributed by atoms with Crippen LogP contribution < -0.4 is 0 Å². The van der Waals surface area contributed by atoms with Gasteiger partial charge in [0.15, 0.2) is 0 Å². The Hall–Kier alpha value is -2.30. The van der Waals surface area contributed by atoms with E-state index in [1.807, 2.05) is 62.8 Å². The number of ether oxygens (including phenoxy) is 1. The molecule has 0 N–H and O–H groups in total. The zero-order valence-electron chi connectivity index (χ0n) is 14.4. The number of hydrogen-bond donors (Lipinski definition) is 0. The van der Waals surface area contributed by atoms with Crippen molar-refractivity contribution < 1.29 is 14.3 Å². The van der Waals surface area contributed by atoms with Crippen molar-refractivity contribution in [2.24, 2.45) is 7.05 Å². The number of para-hydroxylation sites is 1. The zero-order valence-corrected chi connectivity index (χ0v) is 14.4. The quantitative estimate of drug-likeness (QED) is 0.809. The number of rotatable bonds is 4. The first kappa shape index (κ1) is 17.1. The van der Waals surface area contributed by atoms with Gasteiger partial charge in [0.05, 0.1) is 6.04 Å². The molecular formula is C18H24N2O3. The third-order valence-electron chi connectivity index (χ3n) is 3.76. The van der Waals surface area contributed by atoms with Crippen molar-refractivity contribution in [2.45, 2.75) is 38.8 Å². The fourth-order valence-corrected chi connectivity index (χ4v) is 2.68. The second-order valence-electron chi connectivity index (χ2n) is 6.72. The summed E-state index contributed by atoms with van der Waals surface area (Å²) < 4.78 is 7.44. The number of benzene rings is 1. The minimum Gasteiger partial charge on any atom is -0.444 e. The largest absolute Gasteiger partial charge is 0.444 e. The first-order chi connectivity index (χ1) is 10.7. The van der Waals surface area contributed by atoms with Crippen LogP contribution in [0.2, 0.25) is 0 Å². The fourth-order valence-electron chi connectivity index (χ4n) is 2.68. The van der Waals surface area contributed by atoms with Crippen molar-refractivity contribution in [1.29, 1.82) is 0 Å². The first-order valence-corrected chi connectivity index (χ1v) is 7.68. The van der Waals surface area contributed by atoms with Crippen molar-refractivity contribution in [3.63, 3.8) is 0 Å². The summed E-state index contributed by atoms with van der Waals surface area (Å²) in [7, 11) is 3.63. The van der Waals surface area contributed by atoms with E-state index < -0.39 is 11.7 Å². The van der Waals surface area contributed by atoms with E-state index in [4.69, 9.17) is 4.74 Å². The summed E-state index contributed by atoms with van der Waals surface area (Å²) in [6, 6.07) is 7.60. The summed E-state index contributed by atoms with van der Waals surface area (Å²) >= 11 is 0. The van der Waals surface area contributed by atoms with E-state index in [9.17, 15) is 9.59 Å². The minimum absolute atomic E-state index is 0.226. The molecule has 0 saturated heterocycles. The molecule has 0 saturated carbocycles. The molecule has 5 nitrogen and oxygen atoms in total. The number of fused-ring (bicyclic) bond motifs is 1. The normalized spacial score (nSPS) is 12.9. The van der Waals surface area contributed by atoms with Crippen molar-refractivity contribution in [2.75, 3.05) is 7.05 Å². The molecular weight excluding hydrogens is 292 g/mol. The second kappa shape index (κ2) is 6.44. The number of aryl methyl sites for hydroxylation is 1. The molecule has 2 rings (SSSR count). The molecule has 1 aromatic heterocycles. The Morgan fingerprint density at radius 2 is 2.00 bits per heavy atom. The van der Waals surface area contributed by atoms with Gasteiger partial charge in [0.1, 0.15) is 11.9 Å². The van der Waals surface area contributed by atoms with E-state index in [0.29, 0.717) is 0 Å². The van der Waals surface area contributed by atoms with Gasteiger partial charge in [-0.05, 0) is 26.8 Å². The summed E-state index contributed by atoms with van der Waals surface area (Å²) in [6.07, 6.45) is 2.61. The van der Waals surface area contributed by atoms with Crippen molar-refractivity contribution in [3.8, 4) is 0 Å². The Morgan fingerprint density at radius 3 is 2.61 bits per heavy atom. The average molecular weight is 316 g/mol. The highest BCUT2D eigenvalue weighted by Crippen LogP contribution is 2.31. The number of carbonyl (C=O) groups is 2. The highest BCUT2D eigenvalue weighted by atomic mass is 16.6. The lowest BCUT2D eigenvalue weighted by Gasteiger charge is -2.29. The number of nitrogens with zero attached hydrogens (tertiary/aromatic N) is 2. The topological polar surface area (TPSA) is 51.5 Å². The van der Waals surface area contributed by atoms with E-state index >= 15 is 0 Å². The van der Waals surface area contributed by atoms with Crippen LogP contribution in [-0.4, -0.2) is 34.5 Å². The number of aromatic nitrogens is 1. The van der Waals surface area contributed by atoms with Gasteiger partial charge in [-0.2, -0.15) is 0 Å². The zero-order chi connectivity index (χ0) is 17.2. The number of aldehydes is 1. The summed E-state index contributed by atoms with van der Waals surface area (Å²) in [5, 5.41) is 1.04. The SMILES string of the molecule is CN(C(=O)OC(C)(C)C)[C@H](CC=O)c1cn(C)c2ccccc12. The average Bonchev–Trinajstić information content (AvgIpc) is 2.80. The molecule has 0 unspecified atom stereocenters. The van der Waals surface area contributed by atoms with Crippen molar-refractivity contribution >= 4 is 23.3 Å². The van der Waals surface area contributed by atoms with Crippen LogP contribution in [0.3, 0.4) is 0 Å². The van der Waals surface area contributed by atoms with Crippen LogP contribution in [0, 0.1) is 0 Å². The van der Waals surface area contributed by atoms with Gasteiger partial charge in [-0.1, -0.05) is 18.2 Å². The third kappa shape index (κ3) is 3.73. The van der Waals surface area contributed by atoms with Crippen molar-refractivity contribution in [3.05, 3.63) is 36.0 Å². The maximum Gasteiger partial charge on any atom is 0.410 e. The highest BCUT2D eigenvalue weighted by Gasteiger charge is 2.28. The number of hydrogen-bond acceptors (Lipinski definition) is 3. The van der Waals surface area contributed by atoms with Gasteiger partial charge in [-0.15, -0.1) is 0 Å². The van der Waals surface area contributed by atoms with Crippen molar-refractivity contribution in [1.82, 2.24) is 9.47 Å². The molecule has 0 aliphatic rings. The maximum absolute atomic E-state index is 12.4. The molecule has 0 spiro atoms. The van der Waals surface area contributed by atoms with Crippen LogP contribution in [0.15, 0.2) is 30.5 Å². The Kier molecular flexibility index (Phi) is 4.78. The van der Waals surface area contributed by atoms with Gasteiger partial charge in [-0.3, -0.25) is 0 Å². The van der Waals surface area contributed by atoms with Crippen LogP contribution >= 0.6 is 0 Å². The Bertz CT molecular complexity index is 713. The van der Waals surface area contributed by atoms with Gasteiger partial charge >= 0.3 is 6.09 Å². The van der Waals surface area contributed by atoms with Gasteiger partial charge in [0.2, 0.25) is 0 Å². The van der Waals surface area contributed by atoms with E-state index in [1.165, 1.54) is 4.90 Å². The minimum atomic E-state index is -0.574. The highest BCUT2D eigenvalue weighted by molar-refractivity contribution is 5.85. The first-order valence-electron chi connectivity index (χ1n) is 7.68. The van der Waals surface area contributed by atoms with Crippen LogP contribution in [-0.2, 0) is 16.6 Å². The predicted octanol–water partition coefficient (Wildman–Crippen LogP) is 3.68. The van der Waals surface area contributed by atoms with E-state index in [-0.39, 0.29) is 12.5 Å².